The molecule has 0 bridgehead atoms. The Morgan fingerprint density at radius 3 is 2.67 bits per heavy atom. The van der Waals surface area contributed by atoms with Gasteiger partial charge in [0.15, 0.2) is 11.2 Å². The number of nitrogens with two attached hydrogens (primary N) is 2. The first-order valence-corrected chi connectivity index (χ1v) is 11.9. The van der Waals surface area contributed by atoms with E-state index in [9.17, 15) is 13.2 Å². The summed E-state index contributed by atoms with van der Waals surface area (Å²) in [5.74, 6) is -0.291. The monoisotopic (exact) mass is 545 g/mol. The molecule has 1 atom stereocenters. The van der Waals surface area contributed by atoms with Crippen molar-refractivity contribution >= 4 is 44.9 Å². The van der Waals surface area contributed by atoms with E-state index >= 15 is 0 Å². The van der Waals surface area contributed by atoms with Crippen molar-refractivity contribution in [2.75, 3.05) is 11.5 Å². The zero-order chi connectivity index (χ0) is 27.7. The molecule has 0 saturated heterocycles. The summed E-state index contributed by atoms with van der Waals surface area (Å²) in [6, 6.07) is 8.94. The second-order valence-electron chi connectivity index (χ2n) is 9.08. The van der Waals surface area contributed by atoms with Crippen LogP contribution in [0, 0.1) is 5.82 Å². The average Bonchev–Trinajstić information content (AvgIpc) is 3.70. The highest BCUT2D eigenvalue weighted by Gasteiger charge is 2.26. The van der Waals surface area contributed by atoms with Gasteiger partial charge in [0, 0.05) is 17.0 Å². The van der Waals surface area contributed by atoms with E-state index in [-0.39, 0.29) is 17.5 Å². The highest BCUT2D eigenvalue weighted by Crippen LogP contribution is 2.36. The lowest BCUT2D eigenvalue weighted by molar-refractivity contribution is 0.0566. The lowest BCUT2D eigenvalue weighted by Gasteiger charge is -2.11. The van der Waals surface area contributed by atoms with E-state index in [0.717, 1.165) is 6.20 Å². The molecule has 40 heavy (non-hydrogen) atoms. The maximum atomic E-state index is 14.3. The first-order chi connectivity index (χ1) is 19.3. The first-order valence-electron chi connectivity index (χ1n) is 11.9. The minimum atomic E-state index is -2.84. The van der Waals surface area contributed by atoms with Crippen LogP contribution in [0.4, 0.5) is 25.0 Å². The van der Waals surface area contributed by atoms with Crippen molar-refractivity contribution in [2.24, 2.45) is 0 Å². The number of anilines is 2. The van der Waals surface area contributed by atoms with Crippen molar-refractivity contribution in [3.05, 3.63) is 66.6 Å². The van der Waals surface area contributed by atoms with Crippen LogP contribution >= 0.6 is 0 Å². The number of aromatic nitrogens is 9. The average molecular weight is 545 g/mol. The Morgan fingerprint density at radius 1 is 1.02 bits per heavy atom. The van der Waals surface area contributed by atoms with Crippen LogP contribution in [-0.2, 0) is 0 Å². The number of hydrogen-bond donors (Lipinski definition) is 2. The van der Waals surface area contributed by atoms with Gasteiger partial charge < -0.3 is 15.9 Å². The summed E-state index contributed by atoms with van der Waals surface area (Å²) in [6.07, 6.45) is 3.71. The molecule has 1 unspecified atom stereocenters. The third kappa shape index (κ3) is 3.54. The molecule has 0 saturated carbocycles. The van der Waals surface area contributed by atoms with E-state index < -0.39 is 18.4 Å². The van der Waals surface area contributed by atoms with E-state index in [1.54, 1.807) is 28.9 Å². The van der Waals surface area contributed by atoms with E-state index in [2.05, 4.69) is 25.1 Å². The quantitative estimate of drug-likeness (QED) is 0.318. The van der Waals surface area contributed by atoms with Gasteiger partial charge in [-0.3, -0.25) is 0 Å². The molecule has 7 rings (SSSR count). The highest BCUT2D eigenvalue weighted by molar-refractivity contribution is 5.99. The molecule has 200 valence electrons. The molecule has 5 aromatic heterocycles. The Kier molecular flexibility index (Phi) is 5.03. The molecule has 12 nitrogen and oxygen atoms in total. The Bertz CT molecular complexity index is 2070. The number of benzene rings is 2. The summed E-state index contributed by atoms with van der Waals surface area (Å²) in [4.78, 5) is 12.8. The summed E-state index contributed by atoms with van der Waals surface area (Å²) in [5.41, 5.74) is 15.8. The van der Waals surface area contributed by atoms with Crippen LogP contribution in [0.1, 0.15) is 25.2 Å². The van der Waals surface area contributed by atoms with Crippen LogP contribution in [0.25, 0.3) is 50.0 Å². The van der Waals surface area contributed by atoms with Crippen LogP contribution < -0.4 is 11.5 Å². The third-order valence-electron chi connectivity index (χ3n) is 6.66. The standard InChI is InChI=1S/C25H18F3N11O/c1-11(20-15-4-3-13(26)7-17(15)39(35-20)14-8-33-37(9-14)24(27)28)38-23-19(22(29)31-10-32-23)21(36-38)12-2-5-18-16(6-12)34-25(30)40-18/h2-11,24H,1H3,(H2,30,34)(H2,29,31,32). The van der Waals surface area contributed by atoms with Gasteiger partial charge in [-0.25, -0.2) is 28.4 Å². The van der Waals surface area contributed by atoms with Crippen molar-refractivity contribution < 1.29 is 17.6 Å². The topological polar surface area (TPSA) is 157 Å². The lowest BCUT2D eigenvalue weighted by Crippen LogP contribution is -2.11. The van der Waals surface area contributed by atoms with Gasteiger partial charge >= 0.3 is 6.55 Å². The predicted molar refractivity (Wildman–Crippen MR) is 139 cm³/mol. The first kappa shape index (κ1) is 23.6. The van der Waals surface area contributed by atoms with Crippen LogP contribution in [0.3, 0.4) is 0 Å². The molecule has 0 aliphatic heterocycles. The maximum absolute atomic E-state index is 14.3. The normalized spacial score (nSPS) is 12.8. The fourth-order valence-electron chi connectivity index (χ4n) is 4.84. The Morgan fingerprint density at radius 2 is 1.88 bits per heavy atom. The van der Waals surface area contributed by atoms with Gasteiger partial charge in [-0.1, -0.05) is 0 Å². The van der Waals surface area contributed by atoms with E-state index in [1.807, 2.05) is 6.92 Å². The molecule has 0 fully saturated rings. The minimum Gasteiger partial charge on any atom is -0.424 e. The summed E-state index contributed by atoms with van der Waals surface area (Å²) in [5, 5.41) is 14.3. The van der Waals surface area contributed by atoms with E-state index in [1.165, 1.54) is 29.3 Å². The minimum absolute atomic E-state index is 0.0389. The van der Waals surface area contributed by atoms with Gasteiger partial charge in [-0.05, 0) is 37.3 Å². The fourth-order valence-corrected chi connectivity index (χ4v) is 4.84. The van der Waals surface area contributed by atoms with Crippen molar-refractivity contribution in [2.45, 2.75) is 19.5 Å². The summed E-state index contributed by atoms with van der Waals surface area (Å²) in [6.45, 7) is -0.994. The van der Waals surface area contributed by atoms with Gasteiger partial charge in [0.05, 0.1) is 35.0 Å². The molecule has 0 aliphatic carbocycles. The molecule has 0 aliphatic rings. The van der Waals surface area contributed by atoms with Gasteiger partial charge in [0.2, 0.25) is 0 Å². The van der Waals surface area contributed by atoms with Gasteiger partial charge in [-0.15, -0.1) is 0 Å². The van der Waals surface area contributed by atoms with Crippen LogP contribution in [0.2, 0.25) is 0 Å². The molecule has 7 aromatic rings. The largest absolute Gasteiger partial charge is 0.424 e. The second-order valence-corrected chi connectivity index (χ2v) is 9.08. The zero-order valence-corrected chi connectivity index (χ0v) is 20.6. The van der Waals surface area contributed by atoms with E-state index in [0.29, 0.717) is 54.7 Å². The molecule has 15 heteroatoms. The number of nitrogen functional groups attached to an aromatic ring is 2. The molecule has 0 amide bonds. The summed E-state index contributed by atoms with van der Waals surface area (Å²) < 4.78 is 49.6. The predicted octanol–water partition coefficient (Wildman–Crippen LogP) is 4.48. The molecule has 0 radical (unpaired) electrons. The van der Waals surface area contributed by atoms with Crippen LogP contribution in [0.5, 0.6) is 0 Å². The van der Waals surface area contributed by atoms with Crippen LogP contribution in [0.15, 0.2) is 59.5 Å². The van der Waals surface area contributed by atoms with Gasteiger partial charge in [0.1, 0.15) is 34.9 Å². The molecule has 4 N–H and O–H groups in total. The third-order valence-corrected chi connectivity index (χ3v) is 6.66. The number of alkyl halides is 2. The van der Waals surface area contributed by atoms with Crippen molar-refractivity contribution in [1.82, 2.24) is 44.3 Å². The molecular weight excluding hydrogens is 527 g/mol. The Labute approximate surface area is 221 Å². The number of halogens is 3. The Hall–Kier alpha value is -5.47. The highest BCUT2D eigenvalue weighted by atomic mass is 19.3. The van der Waals surface area contributed by atoms with E-state index in [4.69, 9.17) is 21.0 Å². The van der Waals surface area contributed by atoms with Gasteiger partial charge in [-0.2, -0.15) is 29.1 Å². The fraction of sp³-hybridized carbons (Fsp3) is 0.120. The van der Waals surface area contributed by atoms with Crippen molar-refractivity contribution in [3.63, 3.8) is 0 Å². The SMILES string of the molecule is CC(c1nn(-c2cnn(C(F)F)c2)c2cc(F)ccc12)n1nc(-c2ccc3oc(N)nc3c2)c2c(N)ncnc21. The number of hydrogen-bond acceptors (Lipinski definition) is 9. The molecular formula is C25H18F3N11O. The van der Waals surface area contributed by atoms with Crippen molar-refractivity contribution in [3.8, 4) is 16.9 Å². The smallest absolute Gasteiger partial charge is 0.333 e. The Balaban J connectivity index is 1.42. The van der Waals surface area contributed by atoms with Crippen LogP contribution in [-0.4, -0.2) is 44.3 Å². The summed E-state index contributed by atoms with van der Waals surface area (Å²) >= 11 is 0. The zero-order valence-electron chi connectivity index (χ0n) is 20.6. The molecule has 5 heterocycles. The van der Waals surface area contributed by atoms with Crippen molar-refractivity contribution in [1.29, 1.82) is 0 Å². The molecule has 0 spiro atoms. The number of nitrogens with zero attached hydrogens (tertiary/aromatic N) is 9. The summed E-state index contributed by atoms with van der Waals surface area (Å²) in [7, 11) is 0. The number of fused-ring (bicyclic) bond motifs is 3. The second kappa shape index (κ2) is 8.52. The lowest BCUT2D eigenvalue weighted by atomic mass is 10.1. The number of rotatable bonds is 5. The maximum Gasteiger partial charge on any atom is 0.333 e. The number of oxazole rings is 1. The molecule has 2 aromatic carbocycles. The van der Waals surface area contributed by atoms with Gasteiger partial charge in [0.25, 0.3) is 6.01 Å².